The highest BCUT2D eigenvalue weighted by Gasteiger charge is 2.24. The average molecular weight is 262 g/mol. The SMILES string of the molecule is O=C1NCC(c2ccc(S(=O)(=O)Cl)cc2)O1. The van der Waals surface area contributed by atoms with Crippen molar-refractivity contribution in [1.82, 2.24) is 5.32 Å². The molecule has 1 aliphatic heterocycles. The van der Waals surface area contributed by atoms with Gasteiger partial charge in [-0.1, -0.05) is 12.1 Å². The molecule has 1 aromatic rings. The van der Waals surface area contributed by atoms with E-state index >= 15 is 0 Å². The van der Waals surface area contributed by atoms with E-state index in [2.05, 4.69) is 5.32 Å². The average Bonchev–Trinajstić information content (AvgIpc) is 2.64. The molecular formula is C9H8ClNO4S. The molecule has 1 amide bonds. The van der Waals surface area contributed by atoms with Crippen LogP contribution >= 0.6 is 10.7 Å². The molecule has 1 saturated heterocycles. The Morgan fingerprint density at radius 2 is 1.94 bits per heavy atom. The van der Waals surface area contributed by atoms with Gasteiger partial charge in [0.2, 0.25) is 0 Å². The molecule has 1 N–H and O–H groups in total. The fourth-order valence-electron chi connectivity index (χ4n) is 1.42. The minimum absolute atomic E-state index is 0.0233. The lowest BCUT2D eigenvalue weighted by Gasteiger charge is -2.07. The second kappa shape index (κ2) is 3.95. The minimum Gasteiger partial charge on any atom is -0.439 e. The molecule has 0 aromatic heterocycles. The predicted octanol–water partition coefficient (Wildman–Crippen LogP) is 1.40. The van der Waals surface area contributed by atoms with Crippen LogP contribution in [0.5, 0.6) is 0 Å². The first-order chi connectivity index (χ1) is 7.47. The highest BCUT2D eigenvalue weighted by Crippen LogP contribution is 2.23. The summed E-state index contributed by atoms with van der Waals surface area (Å²) in [5.41, 5.74) is 0.724. The molecule has 1 unspecified atom stereocenters. The molecule has 1 aromatic carbocycles. The third kappa shape index (κ3) is 2.28. The van der Waals surface area contributed by atoms with Gasteiger partial charge in [-0.25, -0.2) is 13.2 Å². The van der Waals surface area contributed by atoms with Gasteiger partial charge >= 0.3 is 6.09 Å². The molecule has 0 aliphatic carbocycles. The van der Waals surface area contributed by atoms with E-state index in [0.29, 0.717) is 6.54 Å². The van der Waals surface area contributed by atoms with Crippen LogP contribution in [-0.4, -0.2) is 21.1 Å². The lowest BCUT2D eigenvalue weighted by atomic mass is 10.1. The highest BCUT2D eigenvalue weighted by molar-refractivity contribution is 8.13. The molecule has 1 aliphatic rings. The molecule has 86 valence electrons. The normalized spacial score (nSPS) is 20.3. The molecule has 1 fully saturated rings. The van der Waals surface area contributed by atoms with Crippen LogP contribution in [0.2, 0.25) is 0 Å². The third-order valence-electron chi connectivity index (χ3n) is 2.21. The van der Waals surface area contributed by atoms with Crippen LogP contribution in [0.1, 0.15) is 11.7 Å². The maximum atomic E-state index is 11.0. The zero-order chi connectivity index (χ0) is 11.8. The van der Waals surface area contributed by atoms with E-state index in [1.54, 1.807) is 12.1 Å². The summed E-state index contributed by atoms with van der Waals surface area (Å²) in [6.07, 6.45) is -0.848. The summed E-state index contributed by atoms with van der Waals surface area (Å²) in [7, 11) is 1.46. The number of ether oxygens (including phenoxy) is 1. The number of hydrogen-bond donors (Lipinski definition) is 1. The van der Waals surface area contributed by atoms with Crippen molar-refractivity contribution in [2.45, 2.75) is 11.0 Å². The predicted molar refractivity (Wildman–Crippen MR) is 56.7 cm³/mol. The van der Waals surface area contributed by atoms with E-state index in [-0.39, 0.29) is 11.0 Å². The van der Waals surface area contributed by atoms with Crippen molar-refractivity contribution in [3.05, 3.63) is 29.8 Å². The summed E-state index contributed by atoms with van der Waals surface area (Å²) in [6.45, 7) is 0.381. The number of alkyl carbamates (subject to hydrolysis) is 1. The van der Waals surface area contributed by atoms with Crippen molar-refractivity contribution in [2.24, 2.45) is 0 Å². The number of amides is 1. The standard InChI is InChI=1S/C9H8ClNO4S/c10-16(13,14)7-3-1-6(2-4-7)8-5-11-9(12)15-8/h1-4,8H,5H2,(H,11,12). The molecule has 16 heavy (non-hydrogen) atoms. The number of carbonyl (C=O) groups is 1. The summed E-state index contributed by atoms with van der Waals surface area (Å²) in [5, 5.41) is 2.51. The van der Waals surface area contributed by atoms with E-state index in [1.165, 1.54) is 12.1 Å². The van der Waals surface area contributed by atoms with Crippen LogP contribution in [0, 0.1) is 0 Å². The molecular weight excluding hydrogens is 254 g/mol. The van der Waals surface area contributed by atoms with Crippen LogP contribution < -0.4 is 5.32 Å². The molecule has 5 nitrogen and oxygen atoms in total. The molecule has 1 atom stereocenters. The Morgan fingerprint density at radius 3 is 2.38 bits per heavy atom. The van der Waals surface area contributed by atoms with E-state index in [0.717, 1.165) is 5.56 Å². The Labute approximate surface area is 96.8 Å². The van der Waals surface area contributed by atoms with Gasteiger partial charge in [0.15, 0.2) is 0 Å². The first-order valence-electron chi connectivity index (χ1n) is 4.46. The fraction of sp³-hybridized carbons (Fsp3) is 0.222. The maximum Gasteiger partial charge on any atom is 0.407 e. The van der Waals surface area contributed by atoms with Crippen LogP contribution in [-0.2, 0) is 13.8 Å². The summed E-state index contributed by atoms with van der Waals surface area (Å²) < 4.78 is 26.9. The second-order valence-electron chi connectivity index (χ2n) is 3.28. The minimum atomic E-state index is -3.71. The Bertz CT molecular complexity index is 511. The maximum absolute atomic E-state index is 11.0. The van der Waals surface area contributed by atoms with E-state index in [9.17, 15) is 13.2 Å². The van der Waals surface area contributed by atoms with E-state index in [4.69, 9.17) is 15.4 Å². The fourth-order valence-corrected chi connectivity index (χ4v) is 2.19. The lowest BCUT2D eigenvalue weighted by molar-refractivity contribution is 0.141. The van der Waals surface area contributed by atoms with Crippen molar-refractivity contribution in [3.63, 3.8) is 0 Å². The summed E-state index contributed by atoms with van der Waals surface area (Å²) in [6, 6.07) is 5.90. The van der Waals surface area contributed by atoms with Gasteiger partial charge in [0.1, 0.15) is 6.10 Å². The van der Waals surface area contributed by atoms with Gasteiger partial charge in [-0.2, -0.15) is 0 Å². The molecule has 7 heteroatoms. The van der Waals surface area contributed by atoms with Crippen LogP contribution in [0.3, 0.4) is 0 Å². The zero-order valence-corrected chi connectivity index (χ0v) is 9.59. The van der Waals surface area contributed by atoms with Gasteiger partial charge in [0, 0.05) is 10.7 Å². The summed E-state index contributed by atoms with van der Waals surface area (Å²) >= 11 is 0. The molecule has 0 saturated carbocycles. The molecule has 0 bridgehead atoms. The van der Waals surface area contributed by atoms with Crippen molar-refractivity contribution in [3.8, 4) is 0 Å². The van der Waals surface area contributed by atoms with E-state index in [1.807, 2.05) is 0 Å². The summed E-state index contributed by atoms with van der Waals surface area (Å²) in [4.78, 5) is 10.8. The topological polar surface area (TPSA) is 72.5 Å². The number of halogens is 1. The van der Waals surface area contributed by atoms with Gasteiger partial charge in [0.05, 0.1) is 11.4 Å². The van der Waals surface area contributed by atoms with Crippen molar-refractivity contribution in [2.75, 3.05) is 6.54 Å². The van der Waals surface area contributed by atoms with E-state index < -0.39 is 15.1 Å². The van der Waals surface area contributed by atoms with Gasteiger partial charge in [-0.15, -0.1) is 0 Å². The van der Waals surface area contributed by atoms with Crippen molar-refractivity contribution in [1.29, 1.82) is 0 Å². The van der Waals surface area contributed by atoms with Crippen molar-refractivity contribution < 1.29 is 17.9 Å². The number of hydrogen-bond acceptors (Lipinski definition) is 4. The van der Waals surface area contributed by atoms with Crippen LogP contribution in [0.15, 0.2) is 29.2 Å². The zero-order valence-electron chi connectivity index (χ0n) is 8.01. The first-order valence-corrected chi connectivity index (χ1v) is 6.77. The van der Waals surface area contributed by atoms with Crippen molar-refractivity contribution >= 4 is 25.8 Å². The Hall–Kier alpha value is -1.27. The smallest absolute Gasteiger partial charge is 0.407 e. The van der Waals surface area contributed by atoms with Gasteiger partial charge in [-0.05, 0) is 17.7 Å². The quantitative estimate of drug-likeness (QED) is 0.817. The number of benzene rings is 1. The molecule has 0 radical (unpaired) electrons. The third-order valence-corrected chi connectivity index (χ3v) is 3.58. The van der Waals surface area contributed by atoms with Gasteiger partial charge < -0.3 is 10.1 Å². The van der Waals surface area contributed by atoms with Crippen LogP contribution in [0.25, 0.3) is 0 Å². The Balaban J connectivity index is 2.23. The molecule has 2 rings (SSSR count). The highest BCUT2D eigenvalue weighted by atomic mass is 35.7. The van der Waals surface area contributed by atoms with Gasteiger partial charge in [-0.3, -0.25) is 0 Å². The first kappa shape index (κ1) is 11.2. The number of rotatable bonds is 2. The second-order valence-corrected chi connectivity index (χ2v) is 5.85. The monoisotopic (exact) mass is 261 g/mol. The molecule has 1 heterocycles. The number of nitrogens with one attached hydrogen (secondary N) is 1. The lowest BCUT2D eigenvalue weighted by Crippen LogP contribution is -2.12. The Kier molecular flexibility index (Phi) is 2.77. The number of cyclic esters (lactones) is 1. The molecule has 0 spiro atoms. The van der Waals surface area contributed by atoms with Crippen LogP contribution in [0.4, 0.5) is 4.79 Å². The Morgan fingerprint density at radius 1 is 1.31 bits per heavy atom. The largest absolute Gasteiger partial charge is 0.439 e. The summed E-state index contributed by atoms with van der Waals surface area (Å²) in [5.74, 6) is 0. The van der Waals surface area contributed by atoms with Gasteiger partial charge in [0.25, 0.3) is 9.05 Å². The number of carbonyl (C=O) groups excluding carboxylic acids is 1.